The van der Waals surface area contributed by atoms with Gasteiger partial charge in [0.15, 0.2) is 0 Å². The molecule has 7 nitrogen and oxygen atoms in total. The Labute approximate surface area is 210 Å². The third kappa shape index (κ3) is 3.56. The molecule has 8 heteroatoms. The van der Waals surface area contributed by atoms with Crippen LogP contribution in [0.1, 0.15) is 32.4 Å². The quantitative estimate of drug-likeness (QED) is 0.651. The van der Waals surface area contributed by atoms with Crippen molar-refractivity contribution in [3.05, 3.63) is 60.2 Å². The van der Waals surface area contributed by atoms with Crippen LogP contribution in [-0.2, 0) is 14.4 Å². The molecule has 0 saturated carbocycles. The molecule has 0 radical (unpaired) electrons. The van der Waals surface area contributed by atoms with E-state index in [4.69, 9.17) is 0 Å². The highest BCUT2D eigenvalue weighted by Gasteiger charge is 2.72. The number of carbonyl (C=O) groups excluding carboxylic acids is 3. The number of thioether (sulfide) groups is 1. The maximum atomic E-state index is 14.4. The van der Waals surface area contributed by atoms with Crippen LogP contribution in [0.2, 0.25) is 0 Å². The van der Waals surface area contributed by atoms with Crippen LogP contribution in [0.5, 0.6) is 0 Å². The molecule has 0 bridgehead atoms. The number of rotatable bonds is 3. The molecular formula is C27H33N3O4S. The standard InChI is InChI=1S/C27H33N3O4S/c1-26(2,3)29-15-9-13-27-21(20-19(35-27)12-8-14-28(4)23(20)32)24(33)30(22(27)25(29)34)18(16-31)17-10-6-5-7-11-17/h5-13,18-22,31H,14-16H2,1-4H3/t18-,19+,20-,21+,22?,27+/m1/s1. The maximum absolute atomic E-state index is 14.4. The van der Waals surface area contributed by atoms with Gasteiger partial charge in [-0.1, -0.05) is 54.6 Å². The van der Waals surface area contributed by atoms with Gasteiger partial charge in [0.1, 0.15) is 6.04 Å². The summed E-state index contributed by atoms with van der Waals surface area (Å²) in [6.07, 6.45) is 8.02. The third-order valence-corrected chi connectivity index (χ3v) is 9.54. The summed E-state index contributed by atoms with van der Waals surface area (Å²) in [6.45, 7) is 6.59. The first-order valence-corrected chi connectivity index (χ1v) is 13.1. The van der Waals surface area contributed by atoms with Crippen LogP contribution in [0.15, 0.2) is 54.6 Å². The van der Waals surface area contributed by atoms with Gasteiger partial charge in [0.2, 0.25) is 17.7 Å². The lowest BCUT2D eigenvalue weighted by Gasteiger charge is -2.42. The summed E-state index contributed by atoms with van der Waals surface area (Å²) in [7, 11) is 1.76. The fourth-order valence-electron chi connectivity index (χ4n) is 6.17. The van der Waals surface area contributed by atoms with Crippen LogP contribution in [0, 0.1) is 11.8 Å². The van der Waals surface area contributed by atoms with Crippen molar-refractivity contribution in [1.29, 1.82) is 0 Å². The average Bonchev–Trinajstić information content (AvgIpc) is 3.13. The van der Waals surface area contributed by atoms with Crippen molar-refractivity contribution in [2.24, 2.45) is 11.8 Å². The largest absolute Gasteiger partial charge is 0.394 e. The van der Waals surface area contributed by atoms with Gasteiger partial charge in [0.25, 0.3) is 0 Å². The highest BCUT2D eigenvalue weighted by molar-refractivity contribution is 8.02. The minimum atomic E-state index is -0.885. The number of aliphatic hydroxyl groups excluding tert-OH is 1. The summed E-state index contributed by atoms with van der Waals surface area (Å²) in [5.41, 5.74) is 0.317. The number of hydrogen-bond acceptors (Lipinski definition) is 5. The molecule has 2 saturated heterocycles. The Morgan fingerprint density at radius 2 is 1.77 bits per heavy atom. The molecule has 4 aliphatic heterocycles. The van der Waals surface area contributed by atoms with Crippen LogP contribution in [0.4, 0.5) is 0 Å². The smallest absolute Gasteiger partial charge is 0.247 e. The highest BCUT2D eigenvalue weighted by Crippen LogP contribution is 2.62. The molecule has 1 N–H and O–H groups in total. The Balaban J connectivity index is 1.70. The Bertz CT molecular complexity index is 1100. The van der Waals surface area contributed by atoms with Crippen molar-refractivity contribution in [3.8, 4) is 0 Å². The topological polar surface area (TPSA) is 81.2 Å². The second-order valence-electron chi connectivity index (χ2n) is 10.9. The van der Waals surface area contributed by atoms with Crippen LogP contribution < -0.4 is 0 Å². The molecule has 3 amide bonds. The van der Waals surface area contributed by atoms with Crippen molar-refractivity contribution in [2.45, 2.75) is 48.4 Å². The van der Waals surface area contributed by atoms with Gasteiger partial charge in [-0.15, -0.1) is 11.8 Å². The molecule has 35 heavy (non-hydrogen) atoms. The van der Waals surface area contributed by atoms with E-state index in [0.717, 1.165) is 5.56 Å². The molecule has 5 rings (SSSR count). The number of hydrogen-bond donors (Lipinski definition) is 1. The van der Waals surface area contributed by atoms with Crippen molar-refractivity contribution in [1.82, 2.24) is 14.7 Å². The second-order valence-corrected chi connectivity index (χ2v) is 12.4. The number of amides is 3. The molecule has 2 fully saturated rings. The van der Waals surface area contributed by atoms with Gasteiger partial charge in [-0.25, -0.2) is 0 Å². The lowest BCUT2D eigenvalue weighted by atomic mass is 9.78. The average molecular weight is 496 g/mol. The first-order chi connectivity index (χ1) is 16.6. The van der Waals surface area contributed by atoms with Crippen molar-refractivity contribution in [3.63, 3.8) is 0 Å². The van der Waals surface area contributed by atoms with E-state index in [0.29, 0.717) is 13.1 Å². The molecule has 1 aromatic rings. The Morgan fingerprint density at radius 3 is 2.43 bits per heavy atom. The molecule has 1 aromatic carbocycles. The monoisotopic (exact) mass is 495 g/mol. The summed E-state index contributed by atoms with van der Waals surface area (Å²) in [5.74, 6) is -1.68. The zero-order chi connectivity index (χ0) is 25.1. The molecule has 4 aliphatic rings. The number of carbonyl (C=O) groups is 3. The minimum Gasteiger partial charge on any atom is -0.394 e. The second kappa shape index (κ2) is 8.52. The Kier molecular flexibility index (Phi) is 5.87. The lowest BCUT2D eigenvalue weighted by Crippen LogP contribution is -2.58. The summed E-state index contributed by atoms with van der Waals surface area (Å²) < 4.78 is -0.885. The van der Waals surface area contributed by atoms with Crippen LogP contribution in [0.3, 0.4) is 0 Å². The molecule has 186 valence electrons. The fourth-order valence-corrected chi connectivity index (χ4v) is 8.17. The van der Waals surface area contributed by atoms with Gasteiger partial charge in [-0.2, -0.15) is 0 Å². The predicted octanol–water partition coefficient (Wildman–Crippen LogP) is 2.24. The maximum Gasteiger partial charge on any atom is 0.247 e. The van der Waals surface area contributed by atoms with E-state index in [1.54, 1.807) is 28.6 Å². The molecule has 0 aromatic heterocycles. The van der Waals surface area contributed by atoms with Gasteiger partial charge < -0.3 is 19.8 Å². The summed E-state index contributed by atoms with van der Waals surface area (Å²) >= 11 is 1.56. The number of nitrogens with zero attached hydrogens (tertiary/aromatic N) is 3. The van der Waals surface area contributed by atoms with E-state index in [-0.39, 0.29) is 29.6 Å². The molecular weight excluding hydrogens is 462 g/mol. The van der Waals surface area contributed by atoms with Crippen LogP contribution in [-0.4, -0.2) is 85.8 Å². The first-order valence-electron chi connectivity index (χ1n) is 12.2. The van der Waals surface area contributed by atoms with Gasteiger partial charge in [-0.3, -0.25) is 14.4 Å². The molecule has 0 aliphatic carbocycles. The minimum absolute atomic E-state index is 0.0682. The van der Waals surface area contributed by atoms with Gasteiger partial charge in [-0.05, 0) is 26.3 Å². The summed E-state index contributed by atoms with van der Waals surface area (Å²) in [4.78, 5) is 47.3. The van der Waals surface area contributed by atoms with Crippen LogP contribution >= 0.6 is 11.8 Å². The predicted molar refractivity (Wildman–Crippen MR) is 135 cm³/mol. The van der Waals surface area contributed by atoms with Gasteiger partial charge >= 0.3 is 0 Å². The van der Waals surface area contributed by atoms with E-state index in [9.17, 15) is 19.5 Å². The zero-order valence-corrected chi connectivity index (χ0v) is 21.4. The van der Waals surface area contributed by atoms with E-state index in [2.05, 4.69) is 0 Å². The van der Waals surface area contributed by atoms with Gasteiger partial charge in [0.05, 0.1) is 29.2 Å². The zero-order valence-electron chi connectivity index (χ0n) is 20.6. The van der Waals surface area contributed by atoms with E-state index in [1.807, 2.05) is 80.3 Å². The molecule has 6 atom stereocenters. The third-order valence-electron chi connectivity index (χ3n) is 7.80. The number of fused-ring (bicyclic) bond motifs is 2. The lowest BCUT2D eigenvalue weighted by molar-refractivity contribution is -0.148. The Hall–Kier alpha value is -2.58. The summed E-state index contributed by atoms with van der Waals surface area (Å²) in [6, 6.07) is 7.86. The van der Waals surface area contributed by atoms with E-state index >= 15 is 0 Å². The number of likely N-dealkylation sites (N-methyl/N-ethyl adjacent to an activating group) is 1. The van der Waals surface area contributed by atoms with Crippen LogP contribution in [0.25, 0.3) is 0 Å². The number of likely N-dealkylation sites (tertiary alicyclic amines) is 1. The highest BCUT2D eigenvalue weighted by atomic mass is 32.2. The first kappa shape index (κ1) is 24.1. The fraction of sp³-hybridized carbons (Fsp3) is 0.519. The molecule has 1 unspecified atom stereocenters. The molecule has 1 spiro atoms. The van der Waals surface area contributed by atoms with Crippen molar-refractivity contribution >= 4 is 29.5 Å². The number of benzene rings is 1. The van der Waals surface area contributed by atoms with Crippen molar-refractivity contribution < 1.29 is 19.5 Å². The van der Waals surface area contributed by atoms with E-state index < -0.39 is 34.2 Å². The molecule has 4 heterocycles. The van der Waals surface area contributed by atoms with Crippen molar-refractivity contribution in [2.75, 3.05) is 26.7 Å². The van der Waals surface area contributed by atoms with E-state index in [1.165, 1.54) is 0 Å². The number of aliphatic hydroxyl groups is 1. The summed E-state index contributed by atoms with van der Waals surface area (Å²) in [5, 5.41) is 10.3. The van der Waals surface area contributed by atoms with Gasteiger partial charge in [0, 0.05) is 30.9 Å². The SMILES string of the molecule is CN1CC=C[C@@H]2S[C@]34C=CCN(C(C)(C)C)C(=O)C3N([C@H](CO)c3ccccc3)C(=O)[C@@H]4[C@@H]2C1=O. The normalized spacial score (nSPS) is 33.4. The Morgan fingerprint density at radius 1 is 1.06 bits per heavy atom.